The third-order valence-corrected chi connectivity index (χ3v) is 6.11. The second-order valence-corrected chi connectivity index (χ2v) is 8.66. The number of nitrogens with zero attached hydrogens (tertiary/aromatic N) is 1. The molecule has 0 spiro atoms. The molecular weight excluding hydrogens is 437 g/mol. The minimum absolute atomic E-state index is 0.127. The monoisotopic (exact) mass is 470 g/mol. The van der Waals surface area contributed by atoms with Crippen LogP contribution in [-0.2, 0) is 15.8 Å². The second-order valence-electron chi connectivity index (χ2n) is 8.66. The Bertz CT molecular complexity index is 844. The Labute approximate surface area is 192 Å². The molecule has 3 atom stereocenters. The number of alkyl halides is 3. The van der Waals surface area contributed by atoms with Crippen molar-refractivity contribution >= 4 is 17.7 Å². The van der Waals surface area contributed by atoms with Gasteiger partial charge in [-0.05, 0) is 65.3 Å². The van der Waals surface area contributed by atoms with Crippen molar-refractivity contribution in [2.24, 2.45) is 5.92 Å². The molecule has 1 aliphatic rings. The van der Waals surface area contributed by atoms with E-state index < -0.39 is 36.0 Å². The molecule has 0 heterocycles. The van der Waals surface area contributed by atoms with Gasteiger partial charge in [0.15, 0.2) is 0 Å². The molecule has 0 aromatic heterocycles. The summed E-state index contributed by atoms with van der Waals surface area (Å²) in [4.78, 5) is 39.6. The lowest BCUT2D eigenvalue weighted by atomic mass is 9.80. The number of carbonyl (C=O) groups excluding carboxylic acids is 3. The lowest BCUT2D eigenvalue weighted by Crippen LogP contribution is -2.54. The van der Waals surface area contributed by atoms with Gasteiger partial charge in [0, 0.05) is 30.2 Å². The minimum atomic E-state index is -4.57. The molecule has 184 valence electrons. The molecule has 0 saturated heterocycles. The molecule has 10 heteroatoms. The van der Waals surface area contributed by atoms with Crippen molar-refractivity contribution in [1.29, 1.82) is 0 Å². The molecule has 0 radical (unpaired) electrons. The molecular formula is C23H33F3N4O3. The standard InChI is InChI=1S/C23H33F3N4O3/c1-5-27-22(33)18-12-17(30(4)14(2)3)9-10-19(18)29-20(31)13-28-21(32)15-7-6-8-16(11-15)23(24,25)26/h6-8,11,14,17-19H,5,9-10,12-13H2,1-4H3,(H,27,33)(H,28,32)(H,29,31)/t17-,18-,19+/m1/s1. The average molecular weight is 471 g/mol. The number of halogens is 3. The van der Waals surface area contributed by atoms with Crippen LogP contribution in [0.4, 0.5) is 13.2 Å². The lowest BCUT2D eigenvalue weighted by molar-refractivity contribution is -0.137. The highest BCUT2D eigenvalue weighted by atomic mass is 19.4. The Balaban J connectivity index is 1.98. The fourth-order valence-electron chi connectivity index (χ4n) is 4.06. The lowest BCUT2D eigenvalue weighted by Gasteiger charge is -2.41. The SMILES string of the molecule is CCNC(=O)[C@@H]1C[C@H](N(C)C(C)C)CC[C@@H]1NC(=O)CNC(=O)c1cccc(C(F)(F)F)c1. The maximum absolute atomic E-state index is 12.9. The first kappa shape index (κ1) is 26.6. The summed E-state index contributed by atoms with van der Waals surface area (Å²) < 4.78 is 38.6. The Morgan fingerprint density at radius 3 is 2.45 bits per heavy atom. The number of hydrogen-bond donors (Lipinski definition) is 3. The van der Waals surface area contributed by atoms with E-state index in [1.165, 1.54) is 6.07 Å². The van der Waals surface area contributed by atoms with Gasteiger partial charge >= 0.3 is 6.18 Å². The fourth-order valence-corrected chi connectivity index (χ4v) is 4.06. The maximum Gasteiger partial charge on any atom is 0.416 e. The number of hydrogen-bond acceptors (Lipinski definition) is 4. The summed E-state index contributed by atoms with van der Waals surface area (Å²) in [6.07, 6.45) is -2.55. The normalized spacial score (nSPS) is 21.1. The van der Waals surface area contributed by atoms with Crippen LogP contribution in [0.2, 0.25) is 0 Å². The van der Waals surface area contributed by atoms with Crippen LogP contribution in [0.5, 0.6) is 0 Å². The van der Waals surface area contributed by atoms with E-state index in [0.29, 0.717) is 25.4 Å². The van der Waals surface area contributed by atoms with Crippen LogP contribution in [0.3, 0.4) is 0 Å². The molecule has 3 amide bonds. The Morgan fingerprint density at radius 2 is 1.85 bits per heavy atom. The van der Waals surface area contributed by atoms with E-state index in [0.717, 1.165) is 24.6 Å². The number of amides is 3. The minimum Gasteiger partial charge on any atom is -0.356 e. The number of nitrogens with one attached hydrogen (secondary N) is 3. The summed E-state index contributed by atoms with van der Waals surface area (Å²) >= 11 is 0. The molecule has 1 aromatic rings. The van der Waals surface area contributed by atoms with Crippen LogP contribution in [0.15, 0.2) is 24.3 Å². The highest BCUT2D eigenvalue weighted by Crippen LogP contribution is 2.30. The third-order valence-electron chi connectivity index (χ3n) is 6.11. The van der Waals surface area contributed by atoms with Crippen molar-refractivity contribution in [3.05, 3.63) is 35.4 Å². The maximum atomic E-state index is 12.9. The van der Waals surface area contributed by atoms with Gasteiger partial charge in [0.1, 0.15) is 0 Å². The van der Waals surface area contributed by atoms with E-state index in [4.69, 9.17) is 0 Å². The predicted molar refractivity (Wildman–Crippen MR) is 118 cm³/mol. The highest BCUT2D eigenvalue weighted by Gasteiger charge is 2.37. The molecule has 33 heavy (non-hydrogen) atoms. The summed E-state index contributed by atoms with van der Waals surface area (Å²) in [7, 11) is 2.02. The first-order valence-corrected chi connectivity index (χ1v) is 11.2. The van der Waals surface area contributed by atoms with E-state index in [1.807, 2.05) is 14.0 Å². The van der Waals surface area contributed by atoms with Gasteiger partial charge in [-0.2, -0.15) is 13.2 Å². The molecule has 0 bridgehead atoms. The van der Waals surface area contributed by atoms with Crippen molar-refractivity contribution in [2.45, 2.75) is 64.3 Å². The Hall–Kier alpha value is -2.62. The zero-order chi connectivity index (χ0) is 24.8. The Kier molecular flexibility index (Phi) is 9.27. The number of benzene rings is 1. The van der Waals surface area contributed by atoms with E-state index in [1.54, 1.807) is 0 Å². The van der Waals surface area contributed by atoms with E-state index in [9.17, 15) is 27.6 Å². The first-order valence-electron chi connectivity index (χ1n) is 11.2. The van der Waals surface area contributed by atoms with Gasteiger partial charge in [0.2, 0.25) is 11.8 Å². The van der Waals surface area contributed by atoms with Crippen molar-refractivity contribution < 1.29 is 27.6 Å². The van der Waals surface area contributed by atoms with E-state index >= 15 is 0 Å². The van der Waals surface area contributed by atoms with E-state index in [-0.39, 0.29) is 23.6 Å². The van der Waals surface area contributed by atoms with Crippen molar-refractivity contribution in [1.82, 2.24) is 20.9 Å². The molecule has 0 aliphatic heterocycles. The molecule has 7 nitrogen and oxygen atoms in total. The summed E-state index contributed by atoms with van der Waals surface area (Å²) in [5.41, 5.74) is -1.12. The molecule has 1 aromatic carbocycles. The molecule has 1 saturated carbocycles. The van der Waals surface area contributed by atoms with Crippen molar-refractivity contribution in [2.75, 3.05) is 20.1 Å². The predicted octanol–water partition coefficient (Wildman–Crippen LogP) is 2.57. The number of carbonyl (C=O) groups is 3. The van der Waals surface area contributed by atoms with Gasteiger partial charge in [-0.3, -0.25) is 14.4 Å². The third kappa shape index (κ3) is 7.45. The van der Waals surface area contributed by atoms with Crippen LogP contribution in [0, 0.1) is 5.92 Å². The van der Waals surface area contributed by atoms with Crippen molar-refractivity contribution in [3.8, 4) is 0 Å². The van der Waals surface area contributed by atoms with Crippen LogP contribution >= 0.6 is 0 Å². The van der Waals surface area contributed by atoms with Crippen LogP contribution < -0.4 is 16.0 Å². The molecule has 0 unspecified atom stereocenters. The molecule has 2 rings (SSSR count). The Morgan fingerprint density at radius 1 is 1.15 bits per heavy atom. The average Bonchev–Trinajstić information content (AvgIpc) is 2.76. The molecule has 3 N–H and O–H groups in total. The first-order chi connectivity index (χ1) is 15.4. The summed E-state index contributed by atoms with van der Waals surface area (Å²) in [5, 5.41) is 8.00. The summed E-state index contributed by atoms with van der Waals surface area (Å²) in [5.74, 6) is -1.81. The van der Waals surface area contributed by atoms with Gasteiger partial charge in [0.25, 0.3) is 5.91 Å². The van der Waals surface area contributed by atoms with Gasteiger partial charge < -0.3 is 20.9 Å². The van der Waals surface area contributed by atoms with Gasteiger partial charge in [-0.1, -0.05) is 6.07 Å². The largest absolute Gasteiger partial charge is 0.416 e. The quantitative estimate of drug-likeness (QED) is 0.545. The van der Waals surface area contributed by atoms with Crippen LogP contribution in [-0.4, -0.2) is 60.9 Å². The summed E-state index contributed by atoms with van der Waals surface area (Å²) in [6.45, 7) is 6.08. The topological polar surface area (TPSA) is 90.5 Å². The fraction of sp³-hybridized carbons (Fsp3) is 0.609. The zero-order valence-corrected chi connectivity index (χ0v) is 19.5. The van der Waals surface area contributed by atoms with Gasteiger partial charge in [0.05, 0.1) is 18.0 Å². The number of rotatable bonds is 8. The molecule has 1 aliphatic carbocycles. The van der Waals surface area contributed by atoms with Gasteiger partial charge in [-0.25, -0.2) is 0 Å². The van der Waals surface area contributed by atoms with Crippen LogP contribution in [0.1, 0.15) is 56.0 Å². The van der Waals surface area contributed by atoms with E-state index in [2.05, 4.69) is 34.7 Å². The highest BCUT2D eigenvalue weighted by molar-refractivity contribution is 5.96. The second kappa shape index (κ2) is 11.5. The van der Waals surface area contributed by atoms with Gasteiger partial charge in [-0.15, -0.1) is 0 Å². The van der Waals surface area contributed by atoms with Crippen molar-refractivity contribution in [3.63, 3.8) is 0 Å². The smallest absolute Gasteiger partial charge is 0.356 e. The molecule has 1 fully saturated rings. The van der Waals surface area contributed by atoms with Crippen LogP contribution in [0.25, 0.3) is 0 Å². The summed E-state index contributed by atoms with van der Waals surface area (Å²) in [6, 6.07) is 4.16. The zero-order valence-electron chi connectivity index (χ0n) is 19.5.